The molecule has 0 radical (unpaired) electrons. The smallest absolute Gasteiger partial charge is 0.270 e. The largest absolute Gasteiger partial charge is 0.492 e. The summed E-state index contributed by atoms with van der Waals surface area (Å²) in [6, 6.07) is 1.46. The van der Waals surface area contributed by atoms with Crippen molar-refractivity contribution in [1.82, 2.24) is 14.7 Å². The molecular weight excluding hydrogens is 220 g/mol. The van der Waals surface area contributed by atoms with Gasteiger partial charge >= 0.3 is 0 Å². The molecule has 1 heterocycles. The van der Waals surface area contributed by atoms with Crippen LogP contribution in [0.2, 0.25) is 0 Å². The van der Waals surface area contributed by atoms with Crippen molar-refractivity contribution in [3.05, 3.63) is 22.6 Å². The lowest BCUT2D eigenvalue weighted by Gasteiger charge is -2.10. The molecule has 0 aliphatic carbocycles. The predicted octanol–water partition coefficient (Wildman–Crippen LogP) is -0.467. The normalized spacial score (nSPS) is 10.8. The lowest BCUT2D eigenvalue weighted by atomic mass is 10.4. The van der Waals surface area contributed by atoms with Gasteiger partial charge in [0.2, 0.25) is 0 Å². The maximum absolute atomic E-state index is 11.7. The summed E-state index contributed by atoms with van der Waals surface area (Å²) in [5.41, 5.74) is 5.21. The highest BCUT2D eigenvalue weighted by molar-refractivity contribution is 5.13. The Hall–Kier alpha value is -1.40. The Morgan fingerprint density at radius 2 is 2.29 bits per heavy atom. The fourth-order valence-corrected chi connectivity index (χ4v) is 1.23. The van der Waals surface area contributed by atoms with Crippen molar-refractivity contribution in [3.63, 3.8) is 0 Å². The first-order valence-corrected chi connectivity index (χ1v) is 5.68. The van der Waals surface area contributed by atoms with Gasteiger partial charge in [-0.15, -0.1) is 0 Å². The Labute approximate surface area is 101 Å². The van der Waals surface area contributed by atoms with Gasteiger partial charge in [0.15, 0.2) is 0 Å². The molecule has 0 aliphatic heterocycles. The molecule has 1 aromatic heterocycles. The number of rotatable bonds is 7. The third-order valence-corrected chi connectivity index (χ3v) is 2.22. The number of ether oxygens (including phenoxy) is 1. The van der Waals surface area contributed by atoms with Gasteiger partial charge in [0, 0.05) is 12.6 Å². The first kappa shape index (κ1) is 13.7. The fraction of sp³-hybridized carbons (Fsp3) is 0.636. The third kappa shape index (κ3) is 4.97. The van der Waals surface area contributed by atoms with E-state index < -0.39 is 0 Å². The van der Waals surface area contributed by atoms with Gasteiger partial charge in [-0.3, -0.25) is 4.79 Å². The summed E-state index contributed by atoms with van der Waals surface area (Å²) in [4.78, 5) is 13.7. The summed E-state index contributed by atoms with van der Waals surface area (Å²) in [7, 11) is 3.91. The highest BCUT2D eigenvalue weighted by Gasteiger charge is 2.01. The number of nitrogens with zero attached hydrogens (tertiary/aromatic N) is 3. The minimum Gasteiger partial charge on any atom is -0.492 e. The van der Waals surface area contributed by atoms with Crippen LogP contribution >= 0.6 is 0 Å². The summed E-state index contributed by atoms with van der Waals surface area (Å²) in [6.45, 7) is 2.45. The molecule has 6 nitrogen and oxygen atoms in total. The molecule has 0 aliphatic rings. The molecule has 0 unspecified atom stereocenters. The zero-order valence-corrected chi connectivity index (χ0v) is 10.4. The highest BCUT2D eigenvalue weighted by atomic mass is 16.5. The molecule has 0 aromatic carbocycles. The molecule has 1 aromatic rings. The number of aromatic nitrogens is 2. The van der Waals surface area contributed by atoms with Gasteiger partial charge in [-0.05, 0) is 27.1 Å². The van der Waals surface area contributed by atoms with Gasteiger partial charge in [0.1, 0.15) is 5.75 Å². The van der Waals surface area contributed by atoms with Crippen LogP contribution in [0.3, 0.4) is 0 Å². The van der Waals surface area contributed by atoms with Crippen molar-refractivity contribution in [2.45, 2.75) is 13.0 Å². The molecule has 0 amide bonds. The molecule has 0 bridgehead atoms. The summed E-state index contributed by atoms with van der Waals surface area (Å²) in [6.07, 6.45) is 2.33. The first-order valence-electron chi connectivity index (χ1n) is 5.68. The van der Waals surface area contributed by atoms with Crippen LogP contribution in [-0.4, -0.2) is 48.5 Å². The zero-order chi connectivity index (χ0) is 12.7. The number of hydrogen-bond donors (Lipinski definition) is 1. The van der Waals surface area contributed by atoms with E-state index in [4.69, 9.17) is 10.5 Å². The summed E-state index contributed by atoms with van der Waals surface area (Å²) in [5, 5.41) is 4.05. The molecule has 0 saturated carbocycles. The van der Waals surface area contributed by atoms with Gasteiger partial charge in [0.05, 0.1) is 19.3 Å². The topological polar surface area (TPSA) is 73.4 Å². The molecule has 17 heavy (non-hydrogen) atoms. The molecule has 0 fully saturated rings. The van der Waals surface area contributed by atoms with Crippen LogP contribution in [0.1, 0.15) is 6.42 Å². The van der Waals surface area contributed by atoms with Crippen molar-refractivity contribution < 1.29 is 4.74 Å². The summed E-state index contributed by atoms with van der Waals surface area (Å²) < 4.78 is 6.77. The SMILES string of the molecule is CN(C)CCn1ncc(OCCCN)cc1=O. The van der Waals surface area contributed by atoms with Crippen LogP contribution in [0.25, 0.3) is 0 Å². The second kappa shape index (κ2) is 7.03. The van der Waals surface area contributed by atoms with E-state index in [-0.39, 0.29) is 5.56 Å². The average Bonchev–Trinajstić information content (AvgIpc) is 2.28. The van der Waals surface area contributed by atoms with Crippen LogP contribution < -0.4 is 16.0 Å². The van der Waals surface area contributed by atoms with Crippen LogP contribution in [0.15, 0.2) is 17.1 Å². The van der Waals surface area contributed by atoms with Crippen LogP contribution in [0.4, 0.5) is 0 Å². The Morgan fingerprint density at radius 3 is 2.88 bits per heavy atom. The number of nitrogens with two attached hydrogens (primary N) is 1. The second-order valence-corrected chi connectivity index (χ2v) is 4.05. The van der Waals surface area contributed by atoms with E-state index in [0.29, 0.717) is 25.4 Å². The number of hydrogen-bond acceptors (Lipinski definition) is 5. The Balaban J connectivity index is 2.56. The number of likely N-dealkylation sites (N-methyl/N-ethyl adjacent to an activating group) is 1. The first-order chi connectivity index (χ1) is 8.13. The van der Waals surface area contributed by atoms with E-state index in [9.17, 15) is 4.79 Å². The minimum absolute atomic E-state index is 0.142. The average molecular weight is 240 g/mol. The van der Waals surface area contributed by atoms with Gasteiger partial charge in [0.25, 0.3) is 5.56 Å². The molecule has 1 rings (SSSR count). The third-order valence-electron chi connectivity index (χ3n) is 2.22. The molecule has 0 saturated heterocycles. The fourth-order valence-electron chi connectivity index (χ4n) is 1.23. The van der Waals surface area contributed by atoms with Crippen LogP contribution in [0, 0.1) is 0 Å². The van der Waals surface area contributed by atoms with Crippen molar-refractivity contribution in [3.8, 4) is 5.75 Å². The molecule has 6 heteroatoms. The Bertz CT molecular complexity index is 389. The molecule has 96 valence electrons. The van der Waals surface area contributed by atoms with Crippen molar-refractivity contribution in [1.29, 1.82) is 0 Å². The molecule has 0 spiro atoms. The summed E-state index contributed by atoms with van der Waals surface area (Å²) >= 11 is 0. The van der Waals surface area contributed by atoms with E-state index in [1.54, 1.807) is 6.20 Å². The lowest BCUT2D eigenvalue weighted by Crippen LogP contribution is -2.28. The predicted molar refractivity (Wildman–Crippen MR) is 66.2 cm³/mol. The second-order valence-electron chi connectivity index (χ2n) is 4.05. The minimum atomic E-state index is -0.142. The highest BCUT2D eigenvalue weighted by Crippen LogP contribution is 2.03. The quantitative estimate of drug-likeness (QED) is 0.652. The van der Waals surface area contributed by atoms with E-state index in [1.807, 2.05) is 19.0 Å². The Kier molecular flexibility index (Phi) is 5.65. The van der Waals surface area contributed by atoms with Gasteiger partial charge in [-0.2, -0.15) is 5.10 Å². The Morgan fingerprint density at radius 1 is 1.53 bits per heavy atom. The zero-order valence-electron chi connectivity index (χ0n) is 10.4. The van der Waals surface area contributed by atoms with Crippen molar-refractivity contribution in [2.24, 2.45) is 5.73 Å². The van der Waals surface area contributed by atoms with Crippen LogP contribution in [0.5, 0.6) is 5.75 Å². The maximum atomic E-state index is 11.7. The lowest BCUT2D eigenvalue weighted by molar-refractivity contribution is 0.307. The molecule has 0 atom stereocenters. The van der Waals surface area contributed by atoms with Crippen molar-refractivity contribution >= 4 is 0 Å². The molecular formula is C11H20N4O2. The van der Waals surface area contributed by atoms with E-state index in [1.165, 1.54) is 10.7 Å². The molecule has 2 N–H and O–H groups in total. The monoisotopic (exact) mass is 240 g/mol. The van der Waals surface area contributed by atoms with Crippen LogP contribution in [-0.2, 0) is 6.54 Å². The van der Waals surface area contributed by atoms with Gasteiger partial charge < -0.3 is 15.4 Å². The van der Waals surface area contributed by atoms with E-state index in [2.05, 4.69) is 5.10 Å². The summed E-state index contributed by atoms with van der Waals surface area (Å²) in [5.74, 6) is 0.504. The van der Waals surface area contributed by atoms with Gasteiger partial charge in [-0.1, -0.05) is 0 Å². The standard InChI is InChI=1S/C11H20N4O2/c1-14(2)5-6-15-11(16)8-10(9-13-15)17-7-3-4-12/h8-9H,3-7,12H2,1-2H3. The van der Waals surface area contributed by atoms with E-state index in [0.717, 1.165) is 13.0 Å². The van der Waals surface area contributed by atoms with Gasteiger partial charge in [-0.25, -0.2) is 4.68 Å². The van der Waals surface area contributed by atoms with Crippen molar-refractivity contribution in [2.75, 3.05) is 33.8 Å². The maximum Gasteiger partial charge on any atom is 0.270 e. The van der Waals surface area contributed by atoms with E-state index >= 15 is 0 Å².